The molecule has 1 aliphatic heterocycles. The van der Waals surface area contributed by atoms with Gasteiger partial charge in [-0.05, 0) is 43.4 Å². The second-order valence-corrected chi connectivity index (χ2v) is 6.29. The number of nitrogens with two attached hydrogens (primary N) is 1. The molecular formula is C17H23ClF3N3O3. The van der Waals surface area contributed by atoms with E-state index in [1.807, 2.05) is 0 Å². The number of rotatable bonds is 5. The van der Waals surface area contributed by atoms with Gasteiger partial charge in [-0.2, -0.15) is 13.2 Å². The van der Waals surface area contributed by atoms with Crippen molar-refractivity contribution in [3.63, 3.8) is 0 Å². The van der Waals surface area contributed by atoms with Gasteiger partial charge in [-0.1, -0.05) is 6.07 Å². The Bertz CT molecular complexity index is 665. The molecule has 2 rings (SSSR count). The number of nitrogens with one attached hydrogen (secondary N) is 2. The van der Waals surface area contributed by atoms with E-state index < -0.39 is 30.6 Å². The molecule has 0 aromatic heterocycles. The lowest BCUT2D eigenvalue weighted by atomic mass is 9.91. The van der Waals surface area contributed by atoms with Crippen LogP contribution in [0.15, 0.2) is 18.2 Å². The normalized spacial score (nSPS) is 16.2. The molecule has 1 heterocycles. The summed E-state index contributed by atoms with van der Waals surface area (Å²) in [5.41, 5.74) is 7.05. The van der Waals surface area contributed by atoms with E-state index in [-0.39, 0.29) is 23.9 Å². The zero-order valence-electron chi connectivity index (χ0n) is 14.8. The lowest BCUT2D eigenvalue weighted by Crippen LogP contribution is -2.44. The summed E-state index contributed by atoms with van der Waals surface area (Å²) in [7, 11) is 0. The number of benzene rings is 1. The molecule has 27 heavy (non-hydrogen) atoms. The first-order valence-corrected chi connectivity index (χ1v) is 8.27. The van der Waals surface area contributed by atoms with Gasteiger partial charge < -0.3 is 21.1 Å². The highest BCUT2D eigenvalue weighted by Crippen LogP contribution is 2.21. The number of ether oxygens (including phenoxy) is 1. The molecule has 152 valence electrons. The van der Waals surface area contributed by atoms with Crippen molar-refractivity contribution in [3.8, 4) is 0 Å². The molecule has 4 N–H and O–H groups in total. The molecule has 1 unspecified atom stereocenters. The maximum Gasteiger partial charge on any atom is 0.405 e. The third-order valence-electron chi connectivity index (χ3n) is 4.28. The van der Waals surface area contributed by atoms with E-state index in [1.54, 1.807) is 18.3 Å². The van der Waals surface area contributed by atoms with Gasteiger partial charge in [0, 0.05) is 24.5 Å². The zero-order chi connectivity index (χ0) is 19.3. The van der Waals surface area contributed by atoms with Gasteiger partial charge in [0.1, 0.15) is 6.54 Å². The largest absolute Gasteiger partial charge is 0.405 e. The molecule has 0 aliphatic carbocycles. The minimum absolute atomic E-state index is 0. The molecule has 0 radical (unpaired) electrons. The average molecular weight is 410 g/mol. The van der Waals surface area contributed by atoms with Crippen molar-refractivity contribution >= 4 is 29.9 Å². The van der Waals surface area contributed by atoms with Crippen LogP contribution in [0.3, 0.4) is 0 Å². The van der Waals surface area contributed by atoms with Crippen molar-refractivity contribution in [1.29, 1.82) is 0 Å². The van der Waals surface area contributed by atoms with Crippen LogP contribution in [0, 0.1) is 12.8 Å². The summed E-state index contributed by atoms with van der Waals surface area (Å²) >= 11 is 0. The minimum Gasteiger partial charge on any atom is -0.381 e. The Labute approximate surface area is 161 Å². The van der Waals surface area contributed by atoms with Gasteiger partial charge >= 0.3 is 6.18 Å². The Hall–Kier alpha value is -1.84. The molecule has 0 saturated carbocycles. The number of aryl methyl sites for hydroxylation is 1. The van der Waals surface area contributed by atoms with E-state index in [2.05, 4.69) is 5.32 Å². The SMILES string of the molecule is Cc1ccc(C(=O)NCC(F)(F)F)cc1NC(=O)C(N)C1CCOCC1.Cl. The predicted octanol–water partition coefficient (Wildman–Crippen LogP) is 2.40. The lowest BCUT2D eigenvalue weighted by molar-refractivity contribution is -0.123. The smallest absolute Gasteiger partial charge is 0.381 e. The Kier molecular flexibility index (Phi) is 8.52. The van der Waals surface area contributed by atoms with Crippen molar-refractivity contribution in [2.45, 2.75) is 32.0 Å². The number of amides is 2. The monoisotopic (exact) mass is 409 g/mol. The number of anilines is 1. The molecule has 1 aromatic rings. The van der Waals surface area contributed by atoms with Crippen LogP contribution >= 0.6 is 12.4 Å². The van der Waals surface area contributed by atoms with Gasteiger partial charge in [-0.15, -0.1) is 12.4 Å². The first-order chi connectivity index (χ1) is 12.2. The van der Waals surface area contributed by atoms with Crippen LogP contribution in [0.5, 0.6) is 0 Å². The van der Waals surface area contributed by atoms with Gasteiger partial charge in [0.2, 0.25) is 5.91 Å². The van der Waals surface area contributed by atoms with Gasteiger partial charge in [-0.25, -0.2) is 0 Å². The highest BCUT2D eigenvalue weighted by molar-refractivity contribution is 5.99. The molecule has 1 fully saturated rings. The van der Waals surface area contributed by atoms with Gasteiger partial charge in [0.25, 0.3) is 5.91 Å². The third kappa shape index (κ3) is 7.00. The molecule has 10 heteroatoms. The quantitative estimate of drug-likeness (QED) is 0.696. The Morgan fingerprint density at radius 3 is 2.52 bits per heavy atom. The van der Waals surface area contributed by atoms with Crippen LogP contribution in [-0.4, -0.2) is 43.8 Å². The van der Waals surface area contributed by atoms with E-state index >= 15 is 0 Å². The fourth-order valence-electron chi connectivity index (χ4n) is 2.69. The summed E-state index contributed by atoms with van der Waals surface area (Å²) < 4.78 is 41.9. The Morgan fingerprint density at radius 1 is 1.30 bits per heavy atom. The van der Waals surface area contributed by atoms with Gasteiger partial charge in [0.05, 0.1) is 6.04 Å². The van der Waals surface area contributed by atoms with E-state index in [4.69, 9.17) is 10.5 Å². The summed E-state index contributed by atoms with van der Waals surface area (Å²) in [6.45, 7) is 1.40. The molecule has 6 nitrogen and oxygen atoms in total. The minimum atomic E-state index is -4.49. The second kappa shape index (κ2) is 9.91. The topological polar surface area (TPSA) is 93.5 Å². The lowest BCUT2D eigenvalue weighted by Gasteiger charge is -2.27. The molecule has 1 aromatic carbocycles. The first-order valence-electron chi connectivity index (χ1n) is 8.27. The van der Waals surface area contributed by atoms with Crippen LogP contribution in [0.2, 0.25) is 0 Å². The molecule has 1 saturated heterocycles. The second-order valence-electron chi connectivity index (χ2n) is 6.29. The maximum atomic E-state index is 12.4. The number of alkyl halides is 3. The number of hydrogen-bond donors (Lipinski definition) is 3. The maximum absolute atomic E-state index is 12.4. The number of carbonyl (C=O) groups excluding carboxylic acids is 2. The average Bonchev–Trinajstić information content (AvgIpc) is 2.61. The number of halogens is 4. The third-order valence-corrected chi connectivity index (χ3v) is 4.28. The summed E-state index contributed by atoms with van der Waals surface area (Å²) in [5.74, 6) is -1.26. The van der Waals surface area contributed by atoms with Crippen molar-refractivity contribution in [3.05, 3.63) is 29.3 Å². The van der Waals surface area contributed by atoms with Crippen molar-refractivity contribution < 1.29 is 27.5 Å². The van der Waals surface area contributed by atoms with E-state index in [0.29, 0.717) is 37.3 Å². The van der Waals surface area contributed by atoms with E-state index in [0.717, 1.165) is 0 Å². The summed E-state index contributed by atoms with van der Waals surface area (Å²) in [6.07, 6.45) is -3.12. The zero-order valence-corrected chi connectivity index (χ0v) is 15.6. The van der Waals surface area contributed by atoms with E-state index in [9.17, 15) is 22.8 Å². The summed E-state index contributed by atoms with van der Waals surface area (Å²) in [4.78, 5) is 24.2. The summed E-state index contributed by atoms with van der Waals surface area (Å²) in [6, 6.07) is 3.57. The molecule has 0 bridgehead atoms. The number of hydrogen-bond acceptors (Lipinski definition) is 4. The predicted molar refractivity (Wildman–Crippen MR) is 97.0 cm³/mol. The Morgan fingerprint density at radius 2 is 1.93 bits per heavy atom. The van der Waals surface area contributed by atoms with Crippen molar-refractivity contribution in [2.24, 2.45) is 11.7 Å². The van der Waals surface area contributed by atoms with E-state index in [1.165, 1.54) is 12.1 Å². The van der Waals surface area contributed by atoms with Crippen LogP contribution in [0.25, 0.3) is 0 Å². The van der Waals surface area contributed by atoms with Crippen molar-refractivity contribution in [1.82, 2.24) is 5.32 Å². The van der Waals surface area contributed by atoms with Gasteiger partial charge in [-0.3, -0.25) is 9.59 Å². The molecular weight excluding hydrogens is 387 g/mol. The van der Waals surface area contributed by atoms with Crippen LogP contribution in [-0.2, 0) is 9.53 Å². The van der Waals surface area contributed by atoms with Crippen LogP contribution in [0.1, 0.15) is 28.8 Å². The van der Waals surface area contributed by atoms with Crippen molar-refractivity contribution in [2.75, 3.05) is 25.1 Å². The fourth-order valence-corrected chi connectivity index (χ4v) is 2.69. The molecule has 1 atom stereocenters. The molecule has 2 amide bonds. The van der Waals surface area contributed by atoms with Crippen LogP contribution in [0.4, 0.5) is 18.9 Å². The highest BCUT2D eigenvalue weighted by Gasteiger charge is 2.29. The number of carbonyl (C=O) groups is 2. The molecule has 1 aliphatic rings. The summed E-state index contributed by atoms with van der Waals surface area (Å²) in [5, 5.41) is 4.47. The first kappa shape index (κ1) is 23.2. The standard InChI is InChI=1S/C17H22F3N3O3.ClH/c1-10-2-3-12(15(24)22-9-17(18,19)20)8-13(10)23-16(25)14(21)11-4-6-26-7-5-11;/h2-3,8,11,14H,4-7,9,21H2,1H3,(H,22,24)(H,23,25);1H. The Balaban J connectivity index is 0.00000364. The fraction of sp³-hybridized carbons (Fsp3) is 0.529. The molecule has 0 spiro atoms. The van der Waals surface area contributed by atoms with Crippen LogP contribution < -0.4 is 16.4 Å². The highest BCUT2D eigenvalue weighted by atomic mass is 35.5. The van der Waals surface area contributed by atoms with Gasteiger partial charge in [0.15, 0.2) is 0 Å².